The Morgan fingerprint density at radius 2 is 1.93 bits per heavy atom. The maximum absolute atomic E-state index is 12.8. The molecule has 0 aliphatic heterocycles. The summed E-state index contributed by atoms with van der Waals surface area (Å²) in [6.07, 6.45) is 1.57. The van der Waals surface area contributed by atoms with Crippen molar-refractivity contribution in [1.82, 2.24) is 0 Å². The van der Waals surface area contributed by atoms with Crippen molar-refractivity contribution in [2.45, 2.75) is 20.8 Å². The lowest BCUT2D eigenvalue weighted by atomic mass is 10.1. The average Bonchev–Trinajstić information content (AvgIpc) is 2.19. The van der Waals surface area contributed by atoms with Crippen LogP contribution >= 0.6 is 0 Å². The third-order valence-corrected chi connectivity index (χ3v) is 1.67. The molecule has 0 radical (unpaired) electrons. The van der Waals surface area contributed by atoms with Gasteiger partial charge < -0.3 is 0 Å². The minimum Gasteiger partial charge on any atom is -0.264 e. The molecule has 0 amide bonds. The first kappa shape index (κ1) is 12.6. The van der Waals surface area contributed by atoms with Gasteiger partial charge >= 0.3 is 0 Å². The zero-order chi connectivity index (χ0) is 11.1. The third kappa shape index (κ3) is 2.80. The summed E-state index contributed by atoms with van der Waals surface area (Å²) in [5.74, 6) is -0.269. The van der Waals surface area contributed by atoms with Gasteiger partial charge in [0.2, 0.25) is 0 Å². The number of aliphatic imine (C=N–C) groups is 1. The van der Waals surface area contributed by atoms with E-state index >= 15 is 0 Å². The van der Waals surface area contributed by atoms with Crippen molar-refractivity contribution in [2.24, 2.45) is 4.99 Å². The summed E-state index contributed by atoms with van der Waals surface area (Å²) < 4.78 is 12.8. The molecule has 0 atom stereocenters. The van der Waals surface area contributed by atoms with Gasteiger partial charge in [0, 0.05) is 5.56 Å². The van der Waals surface area contributed by atoms with E-state index in [-0.39, 0.29) is 5.82 Å². The summed E-state index contributed by atoms with van der Waals surface area (Å²) in [6.45, 7) is 12.8. The molecule has 0 heterocycles. The van der Waals surface area contributed by atoms with Crippen LogP contribution in [0.3, 0.4) is 0 Å². The fourth-order valence-electron chi connectivity index (χ4n) is 1.13. The predicted molar refractivity (Wildman–Crippen MR) is 61.8 cm³/mol. The van der Waals surface area contributed by atoms with Crippen LogP contribution in [-0.2, 0) is 0 Å². The van der Waals surface area contributed by atoms with Crippen molar-refractivity contribution in [3.63, 3.8) is 0 Å². The summed E-state index contributed by atoms with van der Waals surface area (Å²) in [4.78, 5) is 3.79. The van der Waals surface area contributed by atoms with Crippen LogP contribution < -0.4 is 0 Å². The fourth-order valence-corrected chi connectivity index (χ4v) is 1.13. The van der Waals surface area contributed by atoms with Gasteiger partial charge in [-0.1, -0.05) is 26.5 Å². The van der Waals surface area contributed by atoms with Crippen LogP contribution in [0.25, 0.3) is 6.08 Å². The SMILES string of the molecule is C=Cc1cc(F)cc(C)c1N=C.CC. The van der Waals surface area contributed by atoms with Gasteiger partial charge in [0.05, 0.1) is 5.69 Å². The Morgan fingerprint density at radius 3 is 2.36 bits per heavy atom. The average molecular weight is 193 g/mol. The molecule has 0 bridgehead atoms. The van der Waals surface area contributed by atoms with Gasteiger partial charge in [-0.15, -0.1) is 0 Å². The lowest BCUT2D eigenvalue weighted by Crippen LogP contribution is -1.83. The molecule has 1 aromatic rings. The first-order valence-corrected chi connectivity index (χ1v) is 4.58. The summed E-state index contributed by atoms with van der Waals surface area (Å²) in [5, 5.41) is 0. The Bertz CT molecular complexity index is 329. The van der Waals surface area contributed by atoms with Gasteiger partial charge in [0.15, 0.2) is 0 Å². The molecule has 0 fully saturated rings. The highest BCUT2D eigenvalue weighted by Crippen LogP contribution is 2.25. The monoisotopic (exact) mass is 193 g/mol. The van der Waals surface area contributed by atoms with E-state index in [1.165, 1.54) is 12.1 Å². The standard InChI is InChI=1S/C10H10FN.C2H6/c1-4-8-6-9(11)5-7(2)10(8)12-3;1-2/h4-6H,1,3H2,2H3;1-2H3. The first-order chi connectivity index (χ1) is 6.69. The van der Waals surface area contributed by atoms with Crippen molar-refractivity contribution in [3.8, 4) is 0 Å². The lowest BCUT2D eigenvalue weighted by molar-refractivity contribution is 0.626. The molecule has 0 aliphatic rings. The molecule has 0 spiro atoms. The zero-order valence-corrected chi connectivity index (χ0v) is 8.97. The topological polar surface area (TPSA) is 12.4 Å². The van der Waals surface area contributed by atoms with Crippen LogP contribution in [0.4, 0.5) is 10.1 Å². The van der Waals surface area contributed by atoms with E-state index in [0.717, 1.165) is 5.56 Å². The molecule has 0 unspecified atom stereocenters. The quantitative estimate of drug-likeness (QED) is 0.626. The maximum atomic E-state index is 12.8. The van der Waals surface area contributed by atoms with E-state index in [2.05, 4.69) is 18.3 Å². The number of halogens is 1. The Morgan fingerprint density at radius 1 is 1.36 bits per heavy atom. The molecule has 2 heteroatoms. The van der Waals surface area contributed by atoms with Crippen molar-refractivity contribution in [3.05, 3.63) is 35.7 Å². The highest BCUT2D eigenvalue weighted by molar-refractivity contribution is 5.68. The van der Waals surface area contributed by atoms with E-state index in [4.69, 9.17) is 0 Å². The number of nitrogens with zero attached hydrogens (tertiary/aromatic N) is 1. The third-order valence-electron chi connectivity index (χ3n) is 1.67. The Hall–Kier alpha value is -1.44. The van der Waals surface area contributed by atoms with Crippen molar-refractivity contribution in [2.75, 3.05) is 0 Å². The maximum Gasteiger partial charge on any atom is 0.124 e. The van der Waals surface area contributed by atoms with Gasteiger partial charge in [0.1, 0.15) is 5.82 Å². The molecule has 76 valence electrons. The second-order valence-corrected chi connectivity index (χ2v) is 2.52. The minimum absolute atomic E-state index is 0.269. The highest BCUT2D eigenvalue weighted by Gasteiger charge is 2.03. The Balaban J connectivity index is 0.000000791. The number of rotatable bonds is 2. The van der Waals surface area contributed by atoms with Crippen LogP contribution in [0.15, 0.2) is 23.7 Å². The van der Waals surface area contributed by atoms with Crippen LogP contribution in [0.5, 0.6) is 0 Å². The van der Waals surface area contributed by atoms with Crippen molar-refractivity contribution >= 4 is 18.5 Å². The molecule has 1 aromatic carbocycles. The van der Waals surface area contributed by atoms with Gasteiger partial charge in [-0.25, -0.2) is 4.39 Å². The number of benzene rings is 1. The molecule has 0 aliphatic carbocycles. The lowest BCUT2D eigenvalue weighted by Gasteiger charge is -2.03. The van der Waals surface area contributed by atoms with Crippen LogP contribution in [-0.4, -0.2) is 6.72 Å². The second kappa shape index (κ2) is 6.08. The minimum atomic E-state index is -0.269. The second-order valence-electron chi connectivity index (χ2n) is 2.52. The molecular formula is C12H16FN. The highest BCUT2D eigenvalue weighted by atomic mass is 19.1. The molecule has 1 rings (SSSR count). The van der Waals surface area contributed by atoms with Crippen molar-refractivity contribution < 1.29 is 4.39 Å². The van der Waals surface area contributed by atoms with E-state index in [1.807, 2.05) is 13.8 Å². The van der Waals surface area contributed by atoms with Gasteiger partial charge in [-0.3, -0.25) is 4.99 Å². The molecule has 0 aromatic heterocycles. The fraction of sp³-hybridized carbons (Fsp3) is 0.250. The summed E-state index contributed by atoms with van der Waals surface area (Å²) in [6, 6.07) is 2.82. The smallest absolute Gasteiger partial charge is 0.124 e. The molecular weight excluding hydrogens is 177 g/mol. The summed E-state index contributed by atoms with van der Waals surface area (Å²) in [5.41, 5.74) is 2.16. The van der Waals surface area contributed by atoms with Crippen LogP contribution in [0.2, 0.25) is 0 Å². The van der Waals surface area contributed by atoms with Gasteiger partial charge in [-0.05, 0) is 31.3 Å². The van der Waals surface area contributed by atoms with Crippen molar-refractivity contribution in [1.29, 1.82) is 0 Å². The molecule has 0 N–H and O–H groups in total. The largest absolute Gasteiger partial charge is 0.264 e. The summed E-state index contributed by atoms with van der Waals surface area (Å²) >= 11 is 0. The number of aryl methyl sites for hydroxylation is 1. The molecule has 0 saturated carbocycles. The number of hydrogen-bond acceptors (Lipinski definition) is 1. The van der Waals surface area contributed by atoms with E-state index < -0.39 is 0 Å². The predicted octanol–water partition coefficient (Wildman–Crippen LogP) is 4.14. The van der Waals surface area contributed by atoms with Crippen LogP contribution in [0, 0.1) is 12.7 Å². The zero-order valence-electron chi connectivity index (χ0n) is 8.97. The molecule has 1 nitrogen and oxygen atoms in total. The van der Waals surface area contributed by atoms with Gasteiger partial charge in [0.25, 0.3) is 0 Å². The van der Waals surface area contributed by atoms with E-state index in [1.54, 1.807) is 13.0 Å². The molecule has 14 heavy (non-hydrogen) atoms. The Labute approximate surface area is 85.0 Å². The van der Waals surface area contributed by atoms with Gasteiger partial charge in [-0.2, -0.15) is 0 Å². The van der Waals surface area contributed by atoms with E-state index in [0.29, 0.717) is 11.3 Å². The number of hydrogen-bond donors (Lipinski definition) is 0. The summed E-state index contributed by atoms with van der Waals surface area (Å²) in [7, 11) is 0. The molecule has 0 saturated heterocycles. The Kier molecular flexibility index (Phi) is 5.46. The first-order valence-electron chi connectivity index (χ1n) is 4.58. The van der Waals surface area contributed by atoms with E-state index in [9.17, 15) is 4.39 Å². The van der Waals surface area contributed by atoms with Crippen LogP contribution in [0.1, 0.15) is 25.0 Å². The normalized spacial score (nSPS) is 8.57.